The summed E-state index contributed by atoms with van der Waals surface area (Å²) in [6.07, 6.45) is 1.26. The zero-order chi connectivity index (χ0) is 22.3. The molecule has 0 aliphatic heterocycles. The molecule has 0 aliphatic carbocycles. The molecule has 0 spiro atoms. The van der Waals surface area contributed by atoms with Gasteiger partial charge in [-0.3, -0.25) is 4.79 Å². The maximum absolute atomic E-state index is 13.2. The van der Waals surface area contributed by atoms with Crippen molar-refractivity contribution in [2.24, 2.45) is 5.92 Å². The molecule has 32 heavy (non-hydrogen) atoms. The molecule has 1 aromatic heterocycles. The first kappa shape index (κ1) is 30.5. The van der Waals surface area contributed by atoms with Gasteiger partial charge in [-0.1, -0.05) is 75.7 Å². The molecule has 0 bridgehead atoms. The Hall–Kier alpha value is -1.49. The van der Waals surface area contributed by atoms with Gasteiger partial charge >= 0.3 is 0 Å². The van der Waals surface area contributed by atoms with Crippen molar-refractivity contribution in [3.63, 3.8) is 0 Å². The Bertz CT molecular complexity index is 1030. The van der Waals surface area contributed by atoms with E-state index in [0.717, 1.165) is 16.7 Å². The van der Waals surface area contributed by atoms with Gasteiger partial charge < -0.3 is 12.5 Å². The van der Waals surface area contributed by atoms with Gasteiger partial charge in [0.2, 0.25) is 0 Å². The van der Waals surface area contributed by atoms with E-state index in [4.69, 9.17) is 11.6 Å². The van der Waals surface area contributed by atoms with Crippen LogP contribution in [-0.4, -0.2) is 14.9 Å². The number of aromatic nitrogens is 2. The van der Waals surface area contributed by atoms with Gasteiger partial charge in [0, 0.05) is 44.3 Å². The third-order valence-electron chi connectivity index (χ3n) is 4.74. The summed E-state index contributed by atoms with van der Waals surface area (Å²) in [5, 5.41) is 16.0. The normalized spacial score (nSPS) is 9.97. The van der Waals surface area contributed by atoms with E-state index < -0.39 is 0 Å². The molecule has 3 aromatic rings. The molecule has 0 amide bonds. The molecule has 0 aliphatic rings. The molecule has 0 unspecified atom stereocenters. The SMILES string of the molecule is CC.Cc1ccccc1-c1c(O)c(CC(C)C)nn(CCc2ccc(Cl)cc2)c1=O.[CH3-].[Y]. The van der Waals surface area contributed by atoms with Gasteiger partial charge in [0.05, 0.1) is 5.56 Å². The first-order chi connectivity index (χ1) is 14.4. The van der Waals surface area contributed by atoms with E-state index >= 15 is 0 Å². The largest absolute Gasteiger partial charge is 0.505 e. The van der Waals surface area contributed by atoms with Crippen LogP contribution in [0.2, 0.25) is 5.02 Å². The second-order valence-corrected chi connectivity index (χ2v) is 7.92. The number of rotatable bonds is 6. The average molecular weight is 531 g/mol. The second-order valence-electron chi connectivity index (χ2n) is 7.49. The van der Waals surface area contributed by atoms with Crippen molar-refractivity contribution >= 4 is 11.6 Å². The Morgan fingerprint density at radius 2 is 1.66 bits per heavy atom. The van der Waals surface area contributed by atoms with Gasteiger partial charge in [0.1, 0.15) is 5.69 Å². The van der Waals surface area contributed by atoms with Crippen molar-refractivity contribution in [2.75, 3.05) is 0 Å². The van der Waals surface area contributed by atoms with Crippen molar-refractivity contribution in [1.29, 1.82) is 0 Å². The van der Waals surface area contributed by atoms with E-state index in [1.54, 1.807) is 0 Å². The van der Waals surface area contributed by atoms with Crippen molar-refractivity contribution in [2.45, 2.75) is 54.0 Å². The topological polar surface area (TPSA) is 55.1 Å². The summed E-state index contributed by atoms with van der Waals surface area (Å²) in [6.45, 7) is 10.5. The molecule has 0 saturated carbocycles. The van der Waals surface area contributed by atoms with Crippen molar-refractivity contribution in [1.82, 2.24) is 9.78 Å². The van der Waals surface area contributed by atoms with Gasteiger partial charge in [0.25, 0.3) is 5.56 Å². The number of hydrogen-bond acceptors (Lipinski definition) is 3. The molecule has 0 fully saturated rings. The molecule has 0 atom stereocenters. The van der Waals surface area contributed by atoms with E-state index in [2.05, 4.69) is 18.9 Å². The fourth-order valence-corrected chi connectivity index (χ4v) is 3.40. The van der Waals surface area contributed by atoms with E-state index in [9.17, 15) is 9.90 Å². The van der Waals surface area contributed by atoms with E-state index in [1.807, 2.05) is 69.3 Å². The van der Waals surface area contributed by atoms with Crippen LogP contribution in [0.25, 0.3) is 11.1 Å². The van der Waals surface area contributed by atoms with Crippen LogP contribution >= 0.6 is 11.6 Å². The minimum atomic E-state index is -0.270. The minimum absolute atomic E-state index is 0. The molecular weight excluding hydrogens is 497 g/mol. The Labute approximate surface area is 222 Å². The molecule has 2 aromatic carbocycles. The predicted molar refractivity (Wildman–Crippen MR) is 132 cm³/mol. The molecule has 1 radical (unpaired) electrons. The maximum Gasteiger partial charge on any atom is 0.278 e. The molecule has 6 heteroatoms. The Kier molecular flexibility index (Phi) is 13.9. The molecular formula is C26H34ClN2O2Y-. The Balaban J connectivity index is 0.00000234. The zero-order valence-electron chi connectivity index (χ0n) is 20.0. The number of nitrogens with zero attached hydrogens (tertiary/aromatic N) is 2. The van der Waals surface area contributed by atoms with Crippen LogP contribution in [0.1, 0.15) is 44.5 Å². The quantitative estimate of drug-likeness (QED) is 0.370. The molecule has 1 heterocycles. The van der Waals surface area contributed by atoms with Crippen LogP contribution < -0.4 is 5.56 Å². The van der Waals surface area contributed by atoms with Crippen LogP contribution in [0.3, 0.4) is 0 Å². The van der Waals surface area contributed by atoms with Gasteiger partial charge in [-0.25, -0.2) is 4.68 Å². The second kappa shape index (κ2) is 14.6. The van der Waals surface area contributed by atoms with E-state index in [0.29, 0.717) is 41.6 Å². The van der Waals surface area contributed by atoms with Crippen molar-refractivity contribution in [3.05, 3.63) is 88.2 Å². The van der Waals surface area contributed by atoms with Crippen LogP contribution in [-0.2, 0) is 52.1 Å². The zero-order valence-corrected chi connectivity index (χ0v) is 23.6. The number of hydrogen-bond donors (Lipinski definition) is 1. The smallest absolute Gasteiger partial charge is 0.278 e. The summed E-state index contributed by atoms with van der Waals surface area (Å²) < 4.78 is 1.48. The number of aryl methyl sites for hydroxylation is 3. The van der Waals surface area contributed by atoms with Crippen LogP contribution in [0, 0.1) is 20.3 Å². The molecule has 4 nitrogen and oxygen atoms in total. The average Bonchev–Trinajstić information content (AvgIpc) is 2.73. The summed E-state index contributed by atoms with van der Waals surface area (Å²) >= 11 is 5.95. The first-order valence-electron chi connectivity index (χ1n) is 10.5. The Morgan fingerprint density at radius 3 is 2.22 bits per heavy atom. The minimum Gasteiger partial charge on any atom is -0.505 e. The van der Waals surface area contributed by atoms with Crippen molar-refractivity contribution < 1.29 is 37.8 Å². The van der Waals surface area contributed by atoms with Crippen LogP contribution in [0.5, 0.6) is 5.75 Å². The fraction of sp³-hybridized carbons (Fsp3) is 0.346. The third kappa shape index (κ3) is 7.83. The molecule has 1 N–H and O–H groups in total. The molecule has 3 rings (SSSR count). The van der Waals surface area contributed by atoms with Gasteiger partial charge in [-0.2, -0.15) is 5.10 Å². The number of benzene rings is 2. The van der Waals surface area contributed by atoms with E-state index in [1.165, 1.54) is 4.68 Å². The summed E-state index contributed by atoms with van der Waals surface area (Å²) in [4.78, 5) is 13.2. The predicted octanol–water partition coefficient (Wildman–Crippen LogP) is 6.49. The maximum atomic E-state index is 13.2. The van der Waals surface area contributed by atoms with Gasteiger partial charge in [-0.05, 0) is 54.5 Å². The fourth-order valence-electron chi connectivity index (χ4n) is 3.27. The summed E-state index contributed by atoms with van der Waals surface area (Å²) in [6, 6.07) is 15.2. The number of aromatic hydroxyl groups is 1. The summed E-state index contributed by atoms with van der Waals surface area (Å²) in [7, 11) is 0. The third-order valence-corrected chi connectivity index (χ3v) is 4.99. The first-order valence-corrected chi connectivity index (χ1v) is 10.9. The standard InChI is InChI=1S/C23H25ClN2O2.C2H6.CH3.Y/c1-15(2)14-20-22(27)21(19-7-5-4-6-16(19)3)23(28)26(25-20)13-12-17-8-10-18(24)11-9-17;1-2;;/h4-11,15,27H,12-14H2,1-3H3;1-2H3;1H3;/q;;-1;. The summed E-state index contributed by atoms with van der Waals surface area (Å²) in [5.74, 6) is 0.307. The van der Waals surface area contributed by atoms with Gasteiger partial charge in [0.15, 0.2) is 5.75 Å². The molecule has 0 saturated heterocycles. The number of halogens is 1. The van der Waals surface area contributed by atoms with Crippen LogP contribution in [0.15, 0.2) is 53.3 Å². The van der Waals surface area contributed by atoms with Gasteiger partial charge in [-0.15, -0.1) is 0 Å². The summed E-state index contributed by atoms with van der Waals surface area (Å²) in [5.41, 5.74) is 3.39. The monoisotopic (exact) mass is 530 g/mol. The Morgan fingerprint density at radius 1 is 1.06 bits per heavy atom. The van der Waals surface area contributed by atoms with Crippen molar-refractivity contribution in [3.8, 4) is 16.9 Å². The van der Waals surface area contributed by atoms with E-state index in [-0.39, 0.29) is 51.4 Å². The van der Waals surface area contributed by atoms with Crippen LogP contribution in [0.4, 0.5) is 0 Å². The molecule has 171 valence electrons.